The van der Waals surface area contributed by atoms with Gasteiger partial charge in [-0.3, -0.25) is 0 Å². The maximum Gasteiger partial charge on any atom is 0.275 e. The zero-order chi connectivity index (χ0) is 12.1. The van der Waals surface area contributed by atoms with Crippen LogP contribution in [0.1, 0.15) is 0 Å². The summed E-state index contributed by atoms with van der Waals surface area (Å²) in [7, 11) is 0. The molecule has 0 amide bonds. The minimum atomic E-state index is -1.14. The Morgan fingerprint density at radius 2 is 2.12 bits per heavy atom. The van der Waals surface area contributed by atoms with E-state index in [2.05, 4.69) is 25.3 Å². The van der Waals surface area contributed by atoms with Crippen molar-refractivity contribution < 1.29 is 4.74 Å². The summed E-state index contributed by atoms with van der Waals surface area (Å²) in [6.45, 7) is 3.83. The number of hydrogen-bond donors (Lipinski definition) is 1. The van der Waals surface area contributed by atoms with Crippen molar-refractivity contribution in [3.05, 3.63) is 0 Å². The van der Waals surface area contributed by atoms with E-state index < -0.39 is 5.12 Å². The number of morpholine rings is 1. The quantitative estimate of drug-likeness (QED) is 0.521. The van der Waals surface area contributed by atoms with Crippen LogP contribution in [0.5, 0.6) is 0 Å². The maximum atomic E-state index is 5.88. The predicted octanol–water partition coefficient (Wildman–Crippen LogP) is 0.647. The average molecular weight is 276 g/mol. The second-order valence-electron chi connectivity index (χ2n) is 3.35. The summed E-state index contributed by atoms with van der Waals surface area (Å²) in [6, 6.07) is 0. The second-order valence-corrected chi connectivity index (χ2v) is 4.22. The van der Waals surface area contributed by atoms with Crippen molar-refractivity contribution in [2.45, 2.75) is 5.12 Å². The molecule has 1 saturated heterocycles. The lowest BCUT2D eigenvalue weighted by Gasteiger charge is -2.13. The second kappa shape index (κ2) is 5.68. The SMILES string of the molecule is C1COCCN1.ClC1=NC2(Cl)N=CN=CC2=N1. The number of hydrogen-bond acceptors (Lipinski definition) is 6. The number of alkyl halides is 1. The third-order valence-electron chi connectivity index (χ3n) is 2.12. The van der Waals surface area contributed by atoms with Crippen LogP contribution in [0.15, 0.2) is 20.0 Å². The van der Waals surface area contributed by atoms with Crippen LogP contribution in [0.3, 0.4) is 0 Å². The fraction of sp³-hybridized carbons (Fsp3) is 0.556. The van der Waals surface area contributed by atoms with Crippen LogP contribution >= 0.6 is 23.2 Å². The van der Waals surface area contributed by atoms with Crippen LogP contribution in [-0.4, -0.2) is 55.0 Å². The third kappa shape index (κ3) is 3.32. The first-order valence-electron chi connectivity index (χ1n) is 5.09. The molecule has 1 N–H and O–H groups in total. The number of aliphatic imine (C=N–C) groups is 4. The molecule has 3 aliphatic heterocycles. The summed E-state index contributed by atoms with van der Waals surface area (Å²) in [5.74, 6) is 0. The van der Waals surface area contributed by atoms with Crippen LogP contribution in [0.2, 0.25) is 0 Å². The zero-order valence-electron chi connectivity index (χ0n) is 8.94. The molecule has 3 aliphatic rings. The van der Waals surface area contributed by atoms with Crippen molar-refractivity contribution >= 4 is 46.8 Å². The lowest BCUT2D eigenvalue weighted by Crippen LogP contribution is -2.30. The van der Waals surface area contributed by atoms with Crippen LogP contribution in [0, 0.1) is 0 Å². The molecule has 0 spiro atoms. The van der Waals surface area contributed by atoms with Crippen molar-refractivity contribution in [3.8, 4) is 0 Å². The van der Waals surface area contributed by atoms with Gasteiger partial charge in [0, 0.05) is 13.1 Å². The molecule has 17 heavy (non-hydrogen) atoms. The summed E-state index contributed by atoms with van der Waals surface area (Å²) < 4.78 is 5.01. The fourth-order valence-electron chi connectivity index (χ4n) is 1.31. The Labute approximate surface area is 108 Å². The van der Waals surface area contributed by atoms with Crippen molar-refractivity contribution in [1.29, 1.82) is 0 Å². The highest BCUT2D eigenvalue weighted by Gasteiger charge is 2.37. The number of nitrogens with zero attached hydrogens (tertiary/aromatic N) is 4. The van der Waals surface area contributed by atoms with Gasteiger partial charge in [-0.1, -0.05) is 11.6 Å². The third-order valence-corrected chi connectivity index (χ3v) is 2.66. The van der Waals surface area contributed by atoms with Gasteiger partial charge in [0.1, 0.15) is 12.1 Å². The minimum absolute atomic E-state index is 0.112. The molecule has 8 heteroatoms. The van der Waals surface area contributed by atoms with E-state index in [1.165, 1.54) is 12.6 Å². The van der Waals surface area contributed by atoms with E-state index in [1.807, 2.05) is 0 Å². The average Bonchev–Trinajstić information content (AvgIpc) is 2.66. The molecule has 0 aliphatic carbocycles. The van der Waals surface area contributed by atoms with Crippen LogP contribution < -0.4 is 5.32 Å². The van der Waals surface area contributed by atoms with Crippen LogP contribution in [0.25, 0.3) is 0 Å². The first kappa shape index (κ1) is 12.6. The molecule has 0 aromatic carbocycles. The van der Waals surface area contributed by atoms with Gasteiger partial charge in [0.15, 0.2) is 0 Å². The Hall–Kier alpha value is -0.820. The molecule has 0 bridgehead atoms. The van der Waals surface area contributed by atoms with E-state index in [4.69, 9.17) is 27.9 Å². The van der Waals surface area contributed by atoms with Gasteiger partial charge < -0.3 is 10.1 Å². The summed E-state index contributed by atoms with van der Waals surface area (Å²) in [6.07, 6.45) is 2.81. The Morgan fingerprint density at radius 1 is 1.35 bits per heavy atom. The van der Waals surface area contributed by atoms with E-state index in [-0.39, 0.29) is 5.29 Å². The molecule has 6 nitrogen and oxygen atoms in total. The van der Waals surface area contributed by atoms with E-state index in [0.717, 1.165) is 26.3 Å². The highest BCUT2D eigenvalue weighted by molar-refractivity contribution is 6.69. The van der Waals surface area contributed by atoms with Gasteiger partial charge in [0.25, 0.3) is 5.12 Å². The molecular weight excluding hydrogens is 265 g/mol. The van der Waals surface area contributed by atoms with Gasteiger partial charge in [-0.25, -0.2) is 20.0 Å². The molecule has 92 valence electrons. The lowest BCUT2D eigenvalue weighted by molar-refractivity contribution is 0.109. The zero-order valence-corrected chi connectivity index (χ0v) is 10.4. The number of ether oxygens (including phenoxy) is 1. The fourth-order valence-corrected chi connectivity index (χ4v) is 1.78. The van der Waals surface area contributed by atoms with Gasteiger partial charge >= 0.3 is 0 Å². The van der Waals surface area contributed by atoms with E-state index >= 15 is 0 Å². The van der Waals surface area contributed by atoms with Gasteiger partial charge in [-0.2, -0.15) is 0 Å². The molecule has 0 saturated carbocycles. The van der Waals surface area contributed by atoms with Crippen molar-refractivity contribution in [2.24, 2.45) is 20.0 Å². The summed E-state index contributed by atoms with van der Waals surface area (Å²) in [4.78, 5) is 15.2. The number of rotatable bonds is 0. The molecule has 3 heterocycles. The summed E-state index contributed by atoms with van der Waals surface area (Å²) in [5, 5.41) is 2.13. The number of amidine groups is 1. The molecule has 0 radical (unpaired) electrons. The first-order chi connectivity index (χ1) is 8.21. The van der Waals surface area contributed by atoms with E-state index in [9.17, 15) is 0 Å². The Balaban J connectivity index is 0.000000153. The summed E-state index contributed by atoms with van der Waals surface area (Å²) >= 11 is 11.4. The Morgan fingerprint density at radius 3 is 2.65 bits per heavy atom. The summed E-state index contributed by atoms with van der Waals surface area (Å²) in [5.41, 5.74) is 0.465. The molecule has 0 aromatic heterocycles. The smallest absolute Gasteiger partial charge is 0.275 e. The molecular formula is C9H11Cl2N5O. The number of fused-ring (bicyclic) bond motifs is 1. The van der Waals surface area contributed by atoms with E-state index in [0.29, 0.717) is 5.71 Å². The van der Waals surface area contributed by atoms with Crippen LogP contribution in [-0.2, 0) is 4.74 Å². The molecule has 1 atom stereocenters. The van der Waals surface area contributed by atoms with E-state index in [1.54, 1.807) is 0 Å². The van der Waals surface area contributed by atoms with Crippen molar-refractivity contribution in [3.63, 3.8) is 0 Å². The van der Waals surface area contributed by atoms with Crippen molar-refractivity contribution in [2.75, 3.05) is 26.3 Å². The van der Waals surface area contributed by atoms with Gasteiger partial charge in [-0.05, 0) is 11.6 Å². The van der Waals surface area contributed by atoms with Gasteiger partial charge in [-0.15, -0.1) is 0 Å². The normalized spacial score (nSPS) is 30.0. The predicted molar refractivity (Wildman–Crippen MR) is 70.0 cm³/mol. The highest BCUT2D eigenvalue weighted by Crippen LogP contribution is 2.27. The van der Waals surface area contributed by atoms with Crippen molar-refractivity contribution in [1.82, 2.24) is 5.32 Å². The topological polar surface area (TPSA) is 70.7 Å². The largest absolute Gasteiger partial charge is 0.379 e. The monoisotopic (exact) mass is 275 g/mol. The van der Waals surface area contributed by atoms with Crippen LogP contribution in [0.4, 0.5) is 0 Å². The van der Waals surface area contributed by atoms with Gasteiger partial charge in [0.2, 0.25) is 5.29 Å². The molecule has 0 aromatic rings. The molecule has 1 unspecified atom stereocenters. The molecule has 3 rings (SSSR count). The standard InChI is InChI=1S/C5H2Cl2N4.C4H9NO/c6-4-10-3-1-8-2-9-5(3,7)11-4;1-3-6-4-2-5-1/h1-2H;5H,1-4H2. The highest BCUT2D eigenvalue weighted by atomic mass is 35.5. The Bertz CT molecular complexity index is 391. The van der Waals surface area contributed by atoms with Gasteiger partial charge in [0.05, 0.1) is 19.4 Å². The Kier molecular flexibility index (Phi) is 4.22. The molecule has 1 fully saturated rings. The minimum Gasteiger partial charge on any atom is -0.379 e. The number of halogens is 2. The number of nitrogens with one attached hydrogen (secondary N) is 1. The maximum absolute atomic E-state index is 5.88. The first-order valence-corrected chi connectivity index (χ1v) is 5.85. The lowest BCUT2D eigenvalue weighted by atomic mass is 10.3.